The monoisotopic (exact) mass is 284 g/mol. The summed E-state index contributed by atoms with van der Waals surface area (Å²) in [6.45, 7) is 1.67. The number of halogens is 2. The zero-order valence-corrected chi connectivity index (χ0v) is 11.1. The Balaban J connectivity index is 2.57. The van der Waals surface area contributed by atoms with Crippen molar-refractivity contribution in [3.8, 4) is 11.1 Å². The predicted octanol–water partition coefficient (Wildman–Crippen LogP) is 3.73. The molecule has 0 spiro atoms. The molecule has 0 heterocycles. The minimum Gasteiger partial charge on any atom is -0.207 e. The van der Waals surface area contributed by atoms with Crippen LogP contribution in [0.2, 0.25) is 0 Å². The highest BCUT2D eigenvalue weighted by Crippen LogP contribution is 2.27. The lowest BCUT2D eigenvalue weighted by Crippen LogP contribution is -1.95. The molecule has 0 aliphatic carbocycles. The molecule has 94 valence electrons. The standard InChI is InChI=1S/C13H10ClFO2S/c1-9-2-3-11(8-13(9)18(14,16)17)10-4-6-12(15)7-5-10/h2-8H,1H3. The first-order valence-corrected chi connectivity index (χ1v) is 7.50. The van der Waals surface area contributed by atoms with E-state index >= 15 is 0 Å². The fraction of sp³-hybridized carbons (Fsp3) is 0.0769. The molecule has 0 aromatic heterocycles. The summed E-state index contributed by atoms with van der Waals surface area (Å²) in [7, 11) is 1.59. The second-order valence-corrected chi connectivity index (χ2v) is 6.46. The Hall–Kier alpha value is -1.39. The molecule has 2 aromatic rings. The van der Waals surface area contributed by atoms with Crippen LogP contribution >= 0.6 is 10.7 Å². The molecule has 0 radical (unpaired) electrons. The first-order chi connectivity index (χ1) is 8.38. The normalized spacial score (nSPS) is 11.5. The Labute approximate surface area is 109 Å². The van der Waals surface area contributed by atoms with Crippen molar-refractivity contribution in [2.45, 2.75) is 11.8 Å². The average Bonchev–Trinajstić information content (AvgIpc) is 2.29. The molecule has 2 rings (SSSR count). The van der Waals surface area contributed by atoms with Gasteiger partial charge in [-0.1, -0.05) is 24.3 Å². The first kappa shape index (κ1) is 13.1. The van der Waals surface area contributed by atoms with Gasteiger partial charge in [-0.15, -0.1) is 0 Å². The van der Waals surface area contributed by atoms with Crippen LogP contribution in [0.3, 0.4) is 0 Å². The third-order valence-electron chi connectivity index (χ3n) is 2.63. The lowest BCUT2D eigenvalue weighted by atomic mass is 10.0. The van der Waals surface area contributed by atoms with E-state index < -0.39 is 9.05 Å². The van der Waals surface area contributed by atoms with Crippen LogP contribution in [-0.4, -0.2) is 8.42 Å². The van der Waals surface area contributed by atoms with Crippen molar-refractivity contribution in [3.63, 3.8) is 0 Å². The van der Waals surface area contributed by atoms with Gasteiger partial charge in [-0.2, -0.15) is 0 Å². The van der Waals surface area contributed by atoms with Gasteiger partial charge in [-0.3, -0.25) is 0 Å². The van der Waals surface area contributed by atoms with Crippen molar-refractivity contribution in [1.29, 1.82) is 0 Å². The van der Waals surface area contributed by atoms with Crippen LogP contribution in [0, 0.1) is 12.7 Å². The van der Waals surface area contributed by atoms with Gasteiger partial charge < -0.3 is 0 Å². The van der Waals surface area contributed by atoms with Gasteiger partial charge in [0.2, 0.25) is 0 Å². The second-order valence-electron chi connectivity index (χ2n) is 3.93. The Morgan fingerprint density at radius 2 is 1.56 bits per heavy atom. The number of aryl methyl sites for hydroxylation is 1. The van der Waals surface area contributed by atoms with Gasteiger partial charge in [0.15, 0.2) is 0 Å². The fourth-order valence-corrected chi connectivity index (χ4v) is 2.90. The SMILES string of the molecule is Cc1ccc(-c2ccc(F)cc2)cc1S(=O)(=O)Cl. The molecule has 0 aliphatic rings. The van der Waals surface area contributed by atoms with E-state index in [4.69, 9.17) is 10.7 Å². The lowest BCUT2D eigenvalue weighted by molar-refractivity contribution is 0.609. The van der Waals surface area contributed by atoms with Crippen LogP contribution < -0.4 is 0 Å². The van der Waals surface area contributed by atoms with Crippen LogP contribution in [0.1, 0.15) is 5.56 Å². The van der Waals surface area contributed by atoms with Crippen molar-refractivity contribution in [1.82, 2.24) is 0 Å². The van der Waals surface area contributed by atoms with Gasteiger partial charge in [-0.25, -0.2) is 12.8 Å². The quantitative estimate of drug-likeness (QED) is 0.788. The third kappa shape index (κ3) is 2.71. The van der Waals surface area contributed by atoms with Crippen LogP contribution in [0.4, 0.5) is 4.39 Å². The summed E-state index contributed by atoms with van der Waals surface area (Å²) in [6.07, 6.45) is 0. The van der Waals surface area contributed by atoms with Crippen molar-refractivity contribution in [2.24, 2.45) is 0 Å². The van der Waals surface area contributed by atoms with E-state index in [1.807, 2.05) is 0 Å². The van der Waals surface area contributed by atoms with Gasteiger partial charge in [-0.05, 0) is 41.8 Å². The highest BCUT2D eigenvalue weighted by atomic mass is 35.7. The Bertz CT molecular complexity index is 679. The minimum absolute atomic E-state index is 0.0750. The smallest absolute Gasteiger partial charge is 0.207 e. The van der Waals surface area contributed by atoms with Crippen molar-refractivity contribution >= 4 is 19.7 Å². The van der Waals surface area contributed by atoms with E-state index in [0.717, 1.165) is 5.56 Å². The highest BCUT2D eigenvalue weighted by molar-refractivity contribution is 8.13. The molecule has 0 amide bonds. The van der Waals surface area contributed by atoms with Crippen LogP contribution in [-0.2, 0) is 9.05 Å². The lowest BCUT2D eigenvalue weighted by Gasteiger charge is -2.06. The molecule has 2 aromatic carbocycles. The Morgan fingerprint density at radius 3 is 2.11 bits per heavy atom. The Kier molecular flexibility index (Phi) is 3.41. The molecule has 18 heavy (non-hydrogen) atoms. The van der Waals surface area contributed by atoms with E-state index in [1.54, 1.807) is 31.2 Å². The van der Waals surface area contributed by atoms with Crippen molar-refractivity contribution in [2.75, 3.05) is 0 Å². The molecular weight excluding hydrogens is 275 g/mol. The minimum atomic E-state index is -3.77. The summed E-state index contributed by atoms with van der Waals surface area (Å²) in [5.74, 6) is -0.337. The first-order valence-electron chi connectivity index (χ1n) is 5.19. The van der Waals surface area contributed by atoms with E-state index in [9.17, 15) is 12.8 Å². The molecule has 0 saturated carbocycles. The van der Waals surface area contributed by atoms with Crippen molar-refractivity contribution in [3.05, 3.63) is 53.8 Å². The molecule has 0 unspecified atom stereocenters. The third-order valence-corrected chi connectivity index (χ3v) is 4.09. The summed E-state index contributed by atoms with van der Waals surface area (Å²) >= 11 is 0. The van der Waals surface area contributed by atoms with E-state index in [0.29, 0.717) is 11.1 Å². The molecule has 2 nitrogen and oxygen atoms in total. The highest BCUT2D eigenvalue weighted by Gasteiger charge is 2.14. The molecule has 0 aliphatic heterocycles. The zero-order valence-electron chi connectivity index (χ0n) is 9.52. The second kappa shape index (κ2) is 4.71. The van der Waals surface area contributed by atoms with E-state index in [1.165, 1.54) is 18.2 Å². The number of rotatable bonds is 2. The summed E-state index contributed by atoms with van der Waals surface area (Å²) in [6, 6.07) is 10.8. The maximum atomic E-state index is 12.8. The topological polar surface area (TPSA) is 34.1 Å². The molecule has 0 N–H and O–H groups in total. The molecular formula is C13H10ClFO2S. The Morgan fingerprint density at radius 1 is 1.00 bits per heavy atom. The van der Waals surface area contributed by atoms with Crippen molar-refractivity contribution < 1.29 is 12.8 Å². The summed E-state index contributed by atoms with van der Waals surface area (Å²) < 4.78 is 35.6. The maximum absolute atomic E-state index is 12.8. The van der Waals surface area contributed by atoms with Gasteiger partial charge in [0.25, 0.3) is 9.05 Å². The molecule has 0 bridgehead atoms. The van der Waals surface area contributed by atoms with Crippen LogP contribution in [0.15, 0.2) is 47.4 Å². The summed E-state index contributed by atoms with van der Waals surface area (Å²) in [5.41, 5.74) is 1.99. The largest absolute Gasteiger partial charge is 0.261 e. The molecule has 0 fully saturated rings. The van der Waals surface area contributed by atoms with Gasteiger partial charge in [0.1, 0.15) is 5.82 Å². The number of benzene rings is 2. The van der Waals surface area contributed by atoms with Gasteiger partial charge in [0.05, 0.1) is 4.90 Å². The summed E-state index contributed by atoms with van der Waals surface area (Å²) in [5, 5.41) is 0. The van der Waals surface area contributed by atoms with E-state index in [2.05, 4.69) is 0 Å². The van der Waals surface area contributed by atoms with E-state index in [-0.39, 0.29) is 10.7 Å². The molecule has 0 saturated heterocycles. The number of hydrogen-bond acceptors (Lipinski definition) is 2. The predicted molar refractivity (Wildman–Crippen MR) is 69.6 cm³/mol. The summed E-state index contributed by atoms with van der Waals surface area (Å²) in [4.78, 5) is 0.0750. The number of hydrogen-bond donors (Lipinski definition) is 0. The van der Waals surface area contributed by atoms with Crippen LogP contribution in [0.5, 0.6) is 0 Å². The average molecular weight is 285 g/mol. The zero-order chi connectivity index (χ0) is 13.3. The molecule has 0 atom stereocenters. The van der Waals surface area contributed by atoms with Crippen LogP contribution in [0.25, 0.3) is 11.1 Å². The molecule has 5 heteroatoms. The maximum Gasteiger partial charge on any atom is 0.261 e. The fourth-order valence-electron chi connectivity index (χ4n) is 1.68. The van der Waals surface area contributed by atoms with Gasteiger partial charge >= 0.3 is 0 Å². The van der Waals surface area contributed by atoms with Gasteiger partial charge in [0, 0.05) is 10.7 Å².